The lowest BCUT2D eigenvalue weighted by atomic mass is 9.84. The SMILES string of the molecule is CC[C@H](C[C@H](OC)[C@@H](C)CCC(OC(=O)[C@@H](C)OC)[C@H](C)[C@H](OC)[C@H](C)/C=C/N(C)C=O)O[Si](C)(C)C(C)(C)C. The monoisotopic (exact) mass is 587 g/mol. The second-order valence-corrected chi connectivity index (χ2v) is 17.6. The lowest BCUT2D eigenvalue weighted by molar-refractivity contribution is -0.166. The third-order valence-electron chi connectivity index (χ3n) is 8.70. The number of esters is 1. The summed E-state index contributed by atoms with van der Waals surface area (Å²) in [6, 6.07) is 0. The van der Waals surface area contributed by atoms with Crippen LogP contribution in [0, 0.1) is 17.8 Å². The number of rotatable bonds is 20. The van der Waals surface area contributed by atoms with Gasteiger partial charge in [-0.05, 0) is 56.7 Å². The van der Waals surface area contributed by atoms with Gasteiger partial charge in [0.05, 0.1) is 12.2 Å². The van der Waals surface area contributed by atoms with Crippen LogP contribution in [0.2, 0.25) is 18.1 Å². The Hall–Kier alpha value is -1.26. The van der Waals surface area contributed by atoms with E-state index in [4.69, 9.17) is 23.4 Å². The number of ether oxygens (including phenoxy) is 4. The quantitative estimate of drug-likeness (QED) is 0.0920. The first kappa shape index (κ1) is 38.7. The van der Waals surface area contributed by atoms with Crippen molar-refractivity contribution in [1.29, 1.82) is 0 Å². The molecule has 0 aliphatic rings. The van der Waals surface area contributed by atoms with Gasteiger partial charge in [-0.2, -0.15) is 0 Å². The molecule has 1 unspecified atom stereocenters. The van der Waals surface area contributed by atoms with Crippen LogP contribution in [0.15, 0.2) is 12.3 Å². The topological polar surface area (TPSA) is 83.5 Å². The summed E-state index contributed by atoms with van der Waals surface area (Å²) in [5, 5.41) is 0.147. The smallest absolute Gasteiger partial charge is 0.335 e. The highest BCUT2D eigenvalue weighted by atomic mass is 28.4. The van der Waals surface area contributed by atoms with E-state index >= 15 is 0 Å². The summed E-state index contributed by atoms with van der Waals surface area (Å²) in [4.78, 5) is 25.2. The maximum atomic E-state index is 12.8. The molecule has 1 amide bonds. The molecule has 8 atom stereocenters. The minimum Gasteiger partial charge on any atom is -0.460 e. The van der Waals surface area contributed by atoms with Crippen molar-refractivity contribution in [2.75, 3.05) is 28.4 Å². The zero-order valence-corrected chi connectivity index (χ0v) is 29.0. The van der Waals surface area contributed by atoms with Gasteiger partial charge in [0.1, 0.15) is 6.10 Å². The van der Waals surface area contributed by atoms with Gasteiger partial charge in [0.15, 0.2) is 14.4 Å². The summed E-state index contributed by atoms with van der Waals surface area (Å²) in [6.45, 7) is 21.5. The van der Waals surface area contributed by atoms with E-state index in [0.29, 0.717) is 6.42 Å². The summed E-state index contributed by atoms with van der Waals surface area (Å²) >= 11 is 0. The van der Waals surface area contributed by atoms with Crippen molar-refractivity contribution in [3.8, 4) is 0 Å². The van der Waals surface area contributed by atoms with Crippen LogP contribution in [-0.4, -0.2) is 84.5 Å². The molecule has 0 heterocycles. The Labute approximate surface area is 246 Å². The molecule has 8 nitrogen and oxygen atoms in total. The molecule has 236 valence electrons. The third kappa shape index (κ3) is 12.7. The Morgan fingerprint density at radius 3 is 2.00 bits per heavy atom. The molecular formula is C31H61NO7Si. The molecule has 0 aromatic heterocycles. The van der Waals surface area contributed by atoms with Crippen LogP contribution >= 0.6 is 0 Å². The number of nitrogens with zero attached hydrogens (tertiary/aromatic N) is 1. The van der Waals surface area contributed by atoms with E-state index < -0.39 is 14.4 Å². The molecule has 0 aliphatic heterocycles. The van der Waals surface area contributed by atoms with E-state index in [2.05, 4.69) is 54.6 Å². The molecule has 9 heteroatoms. The van der Waals surface area contributed by atoms with Gasteiger partial charge in [0.25, 0.3) is 0 Å². The summed E-state index contributed by atoms with van der Waals surface area (Å²) in [5.74, 6) is -0.263. The van der Waals surface area contributed by atoms with Gasteiger partial charge in [-0.25, -0.2) is 4.79 Å². The number of methoxy groups -OCH3 is 3. The molecule has 0 fully saturated rings. The van der Waals surface area contributed by atoms with Crippen LogP contribution in [0.3, 0.4) is 0 Å². The van der Waals surface area contributed by atoms with Crippen molar-refractivity contribution in [1.82, 2.24) is 4.90 Å². The van der Waals surface area contributed by atoms with Crippen LogP contribution in [0.1, 0.15) is 81.1 Å². The van der Waals surface area contributed by atoms with Crippen LogP contribution in [0.25, 0.3) is 0 Å². The Bertz CT molecular complexity index is 754. The summed E-state index contributed by atoms with van der Waals surface area (Å²) in [7, 11) is 4.73. The van der Waals surface area contributed by atoms with Gasteiger partial charge in [0, 0.05) is 52.5 Å². The molecule has 0 bridgehead atoms. The van der Waals surface area contributed by atoms with Gasteiger partial charge in [-0.1, -0.05) is 54.5 Å². The molecule has 0 radical (unpaired) electrons. The molecule has 0 aliphatic carbocycles. The molecule has 0 rings (SSSR count). The largest absolute Gasteiger partial charge is 0.460 e. The Morgan fingerprint density at radius 1 is 0.950 bits per heavy atom. The number of carbonyl (C=O) groups excluding carboxylic acids is 2. The predicted octanol–water partition coefficient (Wildman–Crippen LogP) is 6.44. The Kier molecular flexibility index (Phi) is 17.7. The van der Waals surface area contributed by atoms with Crippen molar-refractivity contribution in [2.24, 2.45) is 17.8 Å². The third-order valence-corrected chi connectivity index (χ3v) is 13.2. The average Bonchev–Trinajstić information content (AvgIpc) is 2.90. The molecule has 40 heavy (non-hydrogen) atoms. The summed E-state index contributed by atoms with van der Waals surface area (Å²) in [6.07, 6.45) is 6.56. The molecule has 0 spiro atoms. The van der Waals surface area contributed by atoms with Crippen LogP contribution < -0.4 is 0 Å². The average molecular weight is 588 g/mol. The molecule has 0 saturated carbocycles. The fourth-order valence-corrected chi connectivity index (χ4v) is 6.08. The maximum Gasteiger partial charge on any atom is 0.335 e. The normalized spacial score (nSPS) is 18.9. The number of hydrogen-bond acceptors (Lipinski definition) is 7. The van der Waals surface area contributed by atoms with Crippen molar-refractivity contribution in [3.05, 3.63) is 12.3 Å². The van der Waals surface area contributed by atoms with E-state index in [-0.39, 0.29) is 53.2 Å². The van der Waals surface area contributed by atoms with E-state index in [1.165, 1.54) is 12.0 Å². The van der Waals surface area contributed by atoms with Crippen molar-refractivity contribution in [3.63, 3.8) is 0 Å². The molecule has 0 aromatic rings. The molecule has 0 saturated heterocycles. The second-order valence-electron chi connectivity index (χ2n) is 12.9. The minimum absolute atomic E-state index is 0.00889. The highest BCUT2D eigenvalue weighted by molar-refractivity contribution is 6.74. The minimum atomic E-state index is -1.90. The lowest BCUT2D eigenvalue weighted by Crippen LogP contribution is -2.45. The van der Waals surface area contributed by atoms with Gasteiger partial charge >= 0.3 is 5.97 Å². The fraction of sp³-hybridized carbons (Fsp3) is 0.871. The van der Waals surface area contributed by atoms with E-state index in [9.17, 15) is 9.59 Å². The highest BCUT2D eigenvalue weighted by Gasteiger charge is 2.40. The Balaban J connectivity index is 5.71. The zero-order chi connectivity index (χ0) is 31.3. The van der Waals surface area contributed by atoms with E-state index in [1.54, 1.807) is 34.4 Å². The van der Waals surface area contributed by atoms with Gasteiger partial charge in [-0.3, -0.25) is 4.79 Å². The fourth-order valence-electron chi connectivity index (χ4n) is 4.63. The first-order valence-corrected chi connectivity index (χ1v) is 17.7. The first-order chi connectivity index (χ1) is 18.5. The summed E-state index contributed by atoms with van der Waals surface area (Å²) in [5.41, 5.74) is 0. The maximum absolute atomic E-state index is 12.8. The van der Waals surface area contributed by atoms with Gasteiger partial charge in [-0.15, -0.1) is 0 Å². The van der Waals surface area contributed by atoms with Crippen molar-refractivity contribution < 1.29 is 33.0 Å². The van der Waals surface area contributed by atoms with Crippen molar-refractivity contribution >= 4 is 20.7 Å². The van der Waals surface area contributed by atoms with Crippen LogP contribution in [0.4, 0.5) is 0 Å². The summed E-state index contributed by atoms with van der Waals surface area (Å²) < 4.78 is 29.8. The van der Waals surface area contributed by atoms with Gasteiger partial charge in [0.2, 0.25) is 6.41 Å². The Morgan fingerprint density at radius 2 is 1.55 bits per heavy atom. The van der Waals surface area contributed by atoms with E-state index in [0.717, 1.165) is 25.7 Å². The standard InChI is InChI=1S/C31H61NO7Si/c1-15-26(39-40(13,14)31(6,7)8)20-28(36-11)22(2)16-17-27(38-30(34)25(5)35-10)24(4)29(37-12)23(3)18-19-32(9)21-33/h18-19,21-29H,15-17,20H2,1-14H3/b19-18+/t22-,23+,24-,25+,26+,27?,28-,29+/m0/s1. The lowest BCUT2D eigenvalue weighted by Gasteiger charge is -2.40. The zero-order valence-electron chi connectivity index (χ0n) is 28.0. The number of amides is 1. The first-order valence-electron chi connectivity index (χ1n) is 14.8. The van der Waals surface area contributed by atoms with Crippen LogP contribution in [0.5, 0.6) is 0 Å². The van der Waals surface area contributed by atoms with E-state index in [1.807, 2.05) is 13.0 Å². The number of carbonyl (C=O) groups is 2. The second kappa shape index (κ2) is 18.3. The highest BCUT2D eigenvalue weighted by Crippen LogP contribution is 2.38. The van der Waals surface area contributed by atoms with Crippen molar-refractivity contribution in [2.45, 2.75) is 130 Å². The molecule has 0 N–H and O–H groups in total. The molecular weight excluding hydrogens is 526 g/mol. The van der Waals surface area contributed by atoms with Gasteiger partial charge < -0.3 is 28.3 Å². The molecule has 0 aromatic carbocycles. The number of hydrogen-bond donors (Lipinski definition) is 0. The predicted molar refractivity (Wildman–Crippen MR) is 165 cm³/mol. The van der Waals surface area contributed by atoms with Crippen LogP contribution in [-0.2, 0) is 33.0 Å².